The summed E-state index contributed by atoms with van der Waals surface area (Å²) in [4.78, 5) is 16.0. The molecular weight excluding hydrogens is 352 g/mol. The monoisotopic (exact) mass is 368 g/mol. The lowest BCUT2D eigenvalue weighted by Crippen LogP contribution is -2.12. The van der Waals surface area contributed by atoms with Crippen LogP contribution in [0.3, 0.4) is 0 Å². The summed E-state index contributed by atoms with van der Waals surface area (Å²) < 4.78 is 28.2. The van der Waals surface area contributed by atoms with E-state index in [1.165, 1.54) is 13.2 Å². The Kier molecular flexibility index (Phi) is 4.83. The van der Waals surface area contributed by atoms with Crippen molar-refractivity contribution in [2.45, 2.75) is 4.90 Å². The van der Waals surface area contributed by atoms with Gasteiger partial charge in [0.2, 0.25) is 10.0 Å². The number of carbonyl (C=O) groups is 1. The molecule has 0 unspecified atom stereocenters. The summed E-state index contributed by atoms with van der Waals surface area (Å²) >= 11 is 0. The van der Waals surface area contributed by atoms with Gasteiger partial charge in [0.1, 0.15) is 0 Å². The predicted octanol–water partition coefficient (Wildman–Crippen LogP) is 3.02. The van der Waals surface area contributed by atoms with Crippen molar-refractivity contribution in [2.24, 2.45) is 10.1 Å². The summed E-state index contributed by atoms with van der Waals surface area (Å²) in [6.07, 6.45) is 1.64. The molecule has 0 heterocycles. The minimum atomic E-state index is -3.82. The number of esters is 1. The fourth-order valence-electron chi connectivity index (χ4n) is 2.59. The average molecular weight is 368 g/mol. The second-order valence-electron chi connectivity index (χ2n) is 5.55. The topological polar surface area (TPSA) is 98.8 Å². The number of hydrogen-bond donors (Lipinski definition) is 1. The number of ether oxygens (including phenoxy) is 1. The van der Waals surface area contributed by atoms with Crippen molar-refractivity contribution in [3.8, 4) is 0 Å². The second-order valence-corrected chi connectivity index (χ2v) is 7.08. The third kappa shape index (κ3) is 3.63. The summed E-state index contributed by atoms with van der Waals surface area (Å²) in [5.74, 6) is -0.405. The summed E-state index contributed by atoms with van der Waals surface area (Å²) in [7, 11) is -2.50. The Morgan fingerprint density at radius 3 is 2.31 bits per heavy atom. The van der Waals surface area contributed by atoms with Gasteiger partial charge in [-0.25, -0.2) is 18.4 Å². The van der Waals surface area contributed by atoms with Crippen LogP contribution >= 0.6 is 0 Å². The zero-order chi connectivity index (χ0) is 18.7. The molecule has 3 aromatic carbocycles. The first-order valence-electron chi connectivity index (χ1n) is 7.67. The molecule has 3 rings (SSSR count). The summed E-state index contributed by atoms with van der Waals surface area (Å²) in [6.45, 7) is 0. The molecule has 0 fully saturated rings. The van der Waals surface area contributed by atoms with E-state index in [2.05, 4.69) is 9.73 Å². The largest absolute Gasteiger partial charge is 0.465 e. The number of fused-ring (bicyclic) bond motifs is 1. The van der Waals surface area contributed by atoms with Crippen molar-refractivity contribution in [1.29, 1.82) is 0 Å². The number of sulfonamides is 1. The first kappa shape index (κ1) is 17.8. The molecule has 0 amide bonds. The van der Waals surface area contributed by atoms with E-state index in [0.29, 0.717) is 22.0 Å². The number of nitrogens with two attached hydrogens (primary N) is 1. The third-order valence-electron chi connectivity index (χ3n) is 3.85. The highest BCUT2D eigenvalue weighted by molar-refractivity contribution is 7.89. The molecule has 0 radical (unpaired) electrons. The molecule has 26 heavy (non-hydrogen) atoms. The molecule has 0 saturated heterocycles. The minimum absolute atomic E-state index is 0.0643. The lowest BCUT2D eigenvalue weighted by Gasteiger charge is -2.06. The fraction of sp³-hybridized carbons (Fsp3) is 0.0526. The first-order chi connectivity index (χ1) is 12.4. The van der Waals surface area contributed by atoms with Crippen molar-refractivity contribution < 1.29 is 17.9 Å². The molecule has 0 saturated carbocycles. The minimum Gasteiger partial charge on any atom is -0.465 e. The molecule has 0 bridgehead atoms. The van der Waals surface area contributed by atoms with Gasteiger partial charge in [0.15, 0.2) is 0 Å². The lowest BCUT2D eigenvalue weighted by atomic mass is 10.1. The number of aliphatic imine (C=N–C) groups is 1. The fourth-order valence-corrected chi connectivity index (χ4v) is 3.35. The Bertz CT molecular complexity index is 1100. The maximum Gasteiger partial charge on any atom is 0.337 e. The maximum absolute atomic E-state index is 11.8. The molecule has 3 aromatic rings. The van der Waals surface area contributed by atoms with Gasteiger partial charge >= 0.3 is 5.97 Å². The van der Waals surface area contributed by atoms with Crippen LogP contribution in [-0.2, 0) is 14.8 Å². The quantitative estimate of drug-likeness (QED) is 0.565. The van der Waals surface area contributed by atoms with Crippen molar-refractivity contribution in [1.82, 2.24) is 0 Å². The number of primary sulfonamides is 1. The predicted molar refractivity (Wildman–Crippen MR) is 100 cm³/mol. The number of methoxy groups -OCH3 is 1. The summed E-state index contributed by atoms with van der Waals surface area (Å²) in [5.41, 5.74) is 1.86. The lowest BCUT2D eigenvalue weighted by molar-refractivity contribution is 0.0600. The number of hydrogen-bond acceptors (Lipinski definition) is 5. The van der Waals surface area contributed by atoms with Gasteiger partial charge in [0.25, 0.3) is 0 Å². The zero-order valence-corrected chi connectivity index (χ0v) is 14.7. The Hall–Kier alpha value is -3.03. The zero-order valence-electron chi connectivity index (χ0n) is 13.9. The number of benzene rings is 3. The van der Waals surface area contributed by atoms with E-state index in [1.807, 2.05) is 0 Å². The van der Waals surface area contributed by atoms with E-state index in [-0.39, 0.29) is 4.90 Å². The highest BCUT2D eigenvalue weighted by atomic mass is 32.2. The van der Waals surface area contributed by atoms with E-state index in [0.717, 1.165) is 5.56 Å². The molecule has 0 spiro atoms. The van der Waals surface area contributed by atoms with Crippen LogP contribution < -0.4 is 5.14 Å². The third-order valence-corrected chi connectivity index (χ3v) is 4.82. The molecular formula is C19H16N2O4S. The normalized spacial score (nSPS) is 11.8. The SMILES string of the molecule is COC(=O)c1ccc(C=Nc2cccc3c(S(N)(=O)=O)cccc23)cc1. The van der Waals surface area contributed by atoms with E-state index in [1.54, 1.807) is 60.8 Å². The highest BCUT2D eigenvalue weighted by Crippen LogP contribution is 2.30. The van der Waals surface area contributed by atoms with Crippen LogP contribution in [0, 0.1) is 0 Å². The van der Waals surface area contributed by atoms with Crippen LogP contribution in [0.1, 0.15) is 15.9 Å². The molecule has 2 N–H and O–H groups in total. The molecule has 7 heteroatoms. The van der Waals surface area contributed by atoms with Crippen LogP contribution in [0.5, 0.6) is 0 Å². The standard InChI is InChI=1S/C19H16N2O4S/c1-25-19(22)14-10-8-13(9-11-14)12-21-17-6-2-5-16-15(17)4-3-7-18(16)26(20,23)24/h2-12H,1H3,(H2,20,23,24). The summed E-state index contributed by atoms with van der Waals surface area (Å²) in [6, 6.07) is 16.9. The van der Waals surface area contributed by atoms with Crippen molar-refractivity contribution >= 4 is 38.7 Å². The molecule has 0 aromatic heterocycles. The Morgan fingerprint density at radius 1 is 1.00 bits per heavy atom. The van der Waals surface area contributed by atoms with Gasteiger partial charge in [-0.2, -0.15) is 0 Å². The number of nitrogens with zero attached hydrogens (tertiary/aromatic N) is 1. The second kappa shape index (κ2) is 7.07. The van der Waals surface area contributed by atoms with Gasteiger partial charge in [0.05, 0.1) is 23.3 Å². The van der Waals surface area contributed by atoms with Crippen LogP contribution in [0.15, 0.2) is 70.6 Å². The van der Waals surface area contributed by atoms with Gasteiger partial charge in [-0.05, 0) is 29.8 Å². The molecule has 6 nitrogen and oxygen atoms in total. The maximum atomic E-state index is 11.8. The van der Waals surface area contributed by atoms with Gasteiger partial charge in [-0.3, -0.25) is 4.99 Å². The summed E-state index contributed by atoms with van der Waals surface area (Å²) in [5, 5.41) is 6.49. The van der Waals surface area contributed by atoms with E-state index >= 15 is 0 Å². The van der Waals surface area contributed by atoms with Crippen LogP contribution in [0.4, 0.5) is 5.69 Å². The molecule has 0 atom stereocenters. The number of carbonyl (C=O) groups excluding carboxylic acids is 1. The highest BCUT2D eigenvalue weighted by Gasteiger charge is 2.13. The van der Waals surface area contributed by atoms with Crippen molar-refractivity contribution in [2.75, 3.05) is 7.11 Å². The van der Waals surface area contributed by atoms with Crippen molar-refractivity contribution in [3.05, 3.63) is 71.8 Å². The van der Waals surface area contributed by atoms with Crippen LogP contribution in [-0.4, -0.2) is 27.7 Å². The molecule has 132 valence electrons. The Balaban J connectivity index is 1.99. The van der Waals surface area contributed by atoms with E-state index < -0.39 is 16.0 Å². The van der Waals surface area contributed by atoms with Gasteiger partial charge in [-0.15, -0.1) is 0 Å². The van der Waals surface area contributed by atoms with Gasteiger partial charge < -0.3 is 4.74 Å². The smallest absolute Gasteiger partial charge is 0.337 e. The van der Waals surface area contributed by atoms with Crippen LogP contribution in [0.2, 0.25) is 0 Å². The van der Waals surface area contributed by atoms with E-state index in [9.17, 15) is 13.2 Å². The average Bonchev–Trinajstić information content (AvgIpc) is 2.64. The molecule has 0 aliphatic carbocycles. The Labute approximate surface area is 151 Å². The number of rotatable bonds is 4. The van der Waals surface area contributed by atoms with Gasteiger partial charge in [-0.1, -0.05) is 36.4 Å². The van der Waals surface area contributed by atoms with Gasteiger partial charge in [0, 0.05) is 17.0 Å². The van der Waals surface area contributed by atoms with E-state index in [4.69, 9.17) is 5.14 Å². The Morgan fingerprint density at radius 2 is 1.65 bits per heavy atom. The molecule has 0 aliphatic heterocycles. The molecule has 0 aliphatic rings. The van der Waals surface area contributed by atoms with Crippen molar-refractivity contribution in [3.63, 3.8) is 0 Å². The van der Waals surface area contributed by atoms with Crippen LogP contribution in [0.25, 0.3) is 10.8 Å². The first-order valence-corrected chi connectivity index (χ1v) is 9.22.